The molecule has 3 rings (SSSR count). The highest BCUT2D eigenvalue weighted by Crippen LogP contribution is 2.27. The summed E-state index contributed by atoms with van der Waals surface area (Å²) >= 11 is 1.74. The molecule has 104 valence electrons. The van der Waals surface area contributed by atoms with Gasteiger partial charge in [0.15, 0.2) is 5.82 Å². The van der Waals surface area contributed by atoms with Gasteiger partial charge in [0.05, 0.1) is 0 Å². The number of fused-ring (bicyclic) bond motifs is 1. The molecular formula is C16H19N3S. The van der Waals surface area contributed by atoms with Gasteiger partial charge in [-0.1, -0.05) is 18.6 Å². The molecule has 1 aliphatic rings. The van der Waals surface area contributed by atoms with Crippen LogP contribution in [0.15, 0.2) is 29.2 Å². The Hall–Kier alpha value is -1.55. The number of nitrogens with zero attached hydrogens (tertiary/aromatic N) is 2. The van der Waals surface area contributed by atoms with Gasteiger partial charge in [0.2, 0.25) is 0 Å². The Morgan fingerprint density at radius 2 is 1.75 bits per heavy atom. The molecule has 1 aromatic heterocycles. The maximum atomic E-state index is 6.15. The molecule has 0 aliphatic heterocycles. The number of benzene rings is 1. The van der Waals surface area contributed by atoms with E-state index in [9.17, 15) is 0 Å². The van der Waals surface area contributed by atoms with E-state index in [1.807, 2.05) is 0 Å². The highest BCUT2D eigenvalue weighted by Gasteiger charge is 2.15. The Balaban J connectivity index is 2.01. The first-order valence-corrected chi connectivity index (χ1v) is 8.30. The van der Waals surface area contributed by atoms with Crippen LogP contribution in [-0.2, 0) is 12.8 Å². The Bertz CT molecular complexity index is 608. The SMILES string of the molecule is CSc1ccc(-c2nc(N)c3c(n2)CCCCC3)cc1. The van der Waals surface area contributed by atoms with Gasteiger partial charge in [-0.05, 0) is 44.1 Å². The standard InChI is InChI=1S/C16H19N3S/c1-20-12-9-7-11(8-10-12)16-18-14-6-4-2-3-5-13(14)15(17)19-16/h7-10H,2-6H2,1H3,(H2,17,18,19). The molecule has 20 heavy (non-hydrogen) atoms. The predicted molar refractivity (Wildman–Crippen MR) is 84.9 cm³/mol. The van der Waals surface area contributed by atoms with E-state index in [0.29, 0.717) is 5.82 Å². The Morgan fingerprint density at radius 3 is 2.50 bits per heavy atom. The van der Waals surface area contributed by atoms with Crippen LogP contribution in [0.25, 0.3) is 11.4 Å². The number of anilines is 1. The fourth-order valence-corrected chi connectivity index (χ4v) is 3.08. The summed E-state index contributed by atoms with van der Waals surface area (Å²) in [6, 6.07) is 8.35. The topological polar surface area (TPSA) is 51.8 Å². The summed E-state index contributed by atoms with van der Waals surface area (Å²) in [6.07, 6.45) is 7.78. The van der Waals surface area contributed by atoms with Gasteiger partial charge in [-0.15, -0.1) is 11.8 Å². The molecule has 0 atom stereocenters. The Kier molecular flexibility index (Phi) is 3.92. The molecule has 4 heteroatoms. The van der Waals surface area contributed by atoms with Crippen LogP contribution < -0.4 is 5.73 Å². The third-order valence-corrected chi connectivity index (χ3v) is 4.56. The molecule has 0 radical (unpaired) electrons. The van der Waals surface area contributed by atoms with E-state index in [-0.39, 0.29) is 0 Å². The number of thioether (sulfide) groups is 1. The molecule has 0 spiro atoms. The smallest absolute Gasteiger partial charge is 0.161 e. The number of aryl methyl sites for hydroxylation is 1. The zero-order valence-electron chi connectivity index (χ0n) is 11.7. The van der Waals surface area contributed by atoms with Crippen LogP contribution in [0.2, 0.25) is 0 Å². The van der Waals surface area contributed by atoms with Crippen LogP contribution in [0.1, 0.15) is 30.5 Å². The quantitative estimate of drug-likeness (QED) is 0.675. The maximum Gasteiger partial charge on any atom is 0.161 e. The number of aromatic nitrogens is 2. The van der Waals surface area contributed by atoms with E-state index in [1.54, 1.807) is 11.8 Å². The second kappa shape index (κ2) is 5.83. The number of nitrogens with two attached hydrogens (primary N) is 1. The molecule has 2 N–H and O–H groups in total. The summed E-state index contributed by atoms with van der Waals surface area (Å²) in [5, 5.41) is 0. The summed E-state index contributed by atoms with van der Waals surface area (Å²) in [7, 11) is 0. The Morgan fingerprint density at radius 1 is 1.00 bits per heavy atom. The fourth-order valence-electron chi connectivity index (χ4n) is 2.67. The summed E-state index contributed by atoms with van der Waals surface area (Å²) in [6.45, 7) is 0. The average Bonchev–Trinajstić information content (AvgIpc) is 2.73. The number of hydrogen-bond donors (Lipinski definition) is 1. The van der Waals surface area contributed by atoms with Gasteiger partial charge >= 0.3 is 0 Å². The van der Waals surface area contributed by atoms with Crippen LogP contribution >= 0.6 is 11.8 Å². The van der Waals surface area contributed by atoms with Crippen molar-refractivity contribution in [3.8, 4) is 11.4 Å². The van der Waals surface area contributed by atoms with E-state index in [0.717, 1.165) is 29.9 Å². The van der Waals surface area contributed by atoms with Crippen LogP contribution in [0.3, 0.4) is 0 Å². The van der Waals surface area contributed by atoms with Crippen molar-refractivity contribution in [2.45, 2.75) is 37.0 Å². The van der Waals surface area contributed by atoms with Crippen molar-refractivity contribution in [3.63, 3.8) is 0 Å². The lowest BCUT2D eigenvalue weighted by Crippen LogP contribution is -2.06. The van der Waals surface area contributed by atoms with Gasteiger partial charge in [-0.25, -0.2) is 9.97 Å². The van der Waals surface area contributed by atoms with Gasteiger partial charge in [0.25, 0.3) is 0 Å². The van der Waals surface area contributed by atoms with Gasteiger partial charge in [-0.2, -0.15) is 0 Å². The van der Waals surface area contributed by atoms with Crippen molar-refractivity contribution in [3.05, 3.63) is 35.5 Å². The molecule has 2 aromatic rings. The third kappa shape index (κ3) is 2.66. The molecule has 0 bridgehead atoms. The normalized spacial score (nSPS) is 14.7. The van der Waals surface area contributed by atoms with Crippen LogP contribution in [0, 0.1) is 0 Å². The molecule has 1 heterocycles. The van der Waals surface area contributed by atoms with Gasteiger partial charge in [-0.3, -0.25) is 0 Å². The van der Waals surface area contributed by atoms with Crippen molar-refractivity contribution >= 4 is 17.6 Å². The first-order valence-electron chi connectivity index (χ1n) is 7.07. The van der Waals surface area contributed by atoms with E-state index >= 15 is 0 Å². The molecule has 3 nitrogen and oxygen atoms in total. The van der Waals surface area contributed by atoms with Gasteiger partial charge < -0.3 is 5.73 Å². The minimum atomic E-state index is 0.667. The van der Waals surface area contributed by atoms with E-state index in [1.165, 1.54) is 29.7 Å². The first kappa shape index (κ1) is 13.4. The average molecular weight is 285 g/mol. The highest BCUT2D eigenvalue weighted by molar-refractivity contribution is 7.98. The monoisotopic (exact) mass is 285 g/mol. The van der Waals surface area contributed by atoms with Crippen LogP contribution in [0.5, 0.6) is 0 Å². The molecule has 0 fully saturated rings. The molecule has 1 aromatic carbocycles. The Labute approximate surface area is 124 Å². The lowest BCUT2D eigenvalue weighted by molar-refractivity contribution is 0.709. The van der Waals surface area contributed by atoms with E-state index < -0.39 is 0 Å². The second-order valence-corrected chi connectivity index (χ2v) is 6.03. The zero-order chi connectivity index (χ0) is 13.9. The largest absolute Gasteiger partial charge is 0.383 e. The molecule has 0 amide bonds. The highest BCUT2D eigenvalue weighted by atomic mass is 32.2. The van der Waals surface area contributed by atoms with Gasteiger partial charge in [0, 0.05) is 21.7 Å². The molecular weight excluding hydrogens is 266 g/mol. The number of nitrogen functional groups attached to an aromatic ring is 1. The van der Waals surface area contributed by atoms with Crippen molar-refractivity contribution in [2.24, 2.45) is 0 Å². The minimum absolute atomic E-state index is 0.667. The van der Waals surface area contributed by atoms with E-state index in [2.05, 4.69) is 35.5 Å². The summed E-state index contributed by atoms with van der Waals surface area (Å²) < 4.78 is 0. The molecule has 0 saturated heterocycles. The molecule has 0 unspecified atom stereocenters. The molecule has 0 saturated carbocycles. The third-order valence-electron chi connectivity index (χ3n) is 3.81. The maximum absolute atomic E-state index is 6.15. The lowest BCUT2D eigenvalue weighted by Gasteiger charge is -2.10. The summed E-state index contributed by atoms with van der Waals surface area (Å²) in [4.78, 5) is 10.5. The number of hydrogen-bond acceptors (Lipinski definition) is 4. The summed E-state index contributed by atoms with van der Waals surface area (Å²) in [5.41, 5.74) is 9.52. The fraction of sp³-hybridized carbons (Fsp3) is 0.375. The van der Waals surface area contributed by atoms with Crippen molar-refractivity contribution in [1.82, 2.24) is 9.97 Å². The van der Waals surface area contributed by atoms with Crippen LogP contribution in [0.4, 0.5) is 5.82 Å². The predicted octanol–water partition coefficient (Wildman–Crippen LogP) is 3.72. The lowest BCUT2D eigenvalue weighted by atomic mass is 10.1. The van der Waals surface area contributed by atoms with Crippen molar-refractivity contribution in [1.29, 1.82) is 0 Å². The zero-order valence-corrected chi connectivity index (χ0v) is 12.5. The molecule has 1 aliphatic carbocycles. The minimum Gasteiger partial charge on any atom is -0.383 e. The van der Waals surface area contributed by atoms with Crippen LogP contribution in [-0.4, -0.2) is 16.2 Å². The van der Waals surface area contributed by atoms with Crippen molar-refractivity contribution < 1.29 is 0 Å². The van der Waals surface area contributed by atoms with E-state index in [4.69, 9.17) is 10.7 Å². The number of rotatable bonds is 2. The van der Waals surface area contributed by atoms with Gasteiger partial charge in [0.1, 0.15) is 5.82 Å². The second-order valence-electron chi connectivity index (χ2n) is 5.15. The first-order chi connectivity index (χ1) is 9.78. The van der Waals surface area contributed by atoms with Crippen molar-refractivity contribution in [2.75, 3.05) is 12.0 Å². The summed E-state index contributed by atoms with van der Waals surface area (Å²) in [5.74, 6) is 1.43.